The number of halogens is 1. The number of hydrogen-bond acceptors (Lipinski definition) is 7. The SMILES string of the molecule is CCn1c(SCC(=O)Nc2nc(-c3ccc(C)c(C)c3)cs2)nnc1C(C)Oc1cccc(Cl)c1. The normalized spacial score (nSPS) is 11.9. The van der Waals surface area contributed by atoms with Gasteiger partial charge >= 0.3 is 0 Å². The number of ether oxygens (including phenoxy) is 1. The molecule has 0 spiro atoms. The Labute approximate surface area is 217 Å². The van der Waals surface area contributed by atoms with Gasteiger partial charge in [-0.3, -0.25) is 4.79 Å². The summed E-state index contributed by atoms with van der Waals surface area (Å²) in [6.07, 6.45) is -0.330. The van der Waals surface area contributed by atoms with Crippen LogP contribution in [-0.2, 0) is 11.3 Å². The van der Waals surface area contributed by atoms with E-state index in [0.29, 0.717) is 33.4 Å². The molecule has 7 nitrogen and oxygen atoms in total. The highest BCUT2D eigenvalue weighted by atomic mass is 35.5. The zero-order valence-electron chi connectivity index (χ0n) is 19.9. The van der Waals surface area contributed by atoms with Crippen LogP contribution in [0.15, 0.2) is 53.0 Å². The summed E-state index contributed by atoms with van der Waals surface area (Å²) in [7, 11) is 0. The molecular formula is C25H26ClN5O2S2. The number of nitrogens with one attached hydrogen (secondary N) is 1. The lowest BCUT2D eigenvalue weighted by Crippen LogP contribution is -2.15. The molecule has 0 radical (unpaired) electrons. The fraction of sp³-hybridized carbons (Fsp3) is 0.280. The molecule has 1 atom stereocenters. The molecule has 2 heterocycles. The quantitative estimate of drug-likeness (QED) is 0.248. The van der Waals surface area contributed by atoms with E-state index in [1.165, 1.54) is 34.2 Å². The minimum Gasteiger partial charge on any atom is -0.483 e. The Bertz CT molecular complexity index is 1340. The van der Waals surface area contributed by atoms with Gasteiger partial charge in [-0.2, -0.15) is 0 Å². The van der Waals surface area contributed by atoms with E-state index in [0.717, 1.165) is 11.3 Å². The number of aryl methyl sites for hydroxylation is 2. The molecule has 0 aliphatic carbocycles. The van der Waals surface area contributed by atoms with E-state index in [1.54, 1.807) is 12.1 Å². The van der Waals surface area contributed by atoms with Crippen LogP contribution in [0.25, 0.3) is 11.3 Å². The highest BCUT2D eigenvalue weighted by Gasteiger charge is 2.20. The van der Waals surface area contributed by atoms with Gasteiger partial charge in [0.25, 0.3) is 0 Å². The Morgan fingerprint density at radius 3 is 2.77 bits per heavy atom. The molecule has 0 saturated heterocycles. The summed E-state index contributed by atoms with van der Waals surface area (Å²) in [6, 6.07) is 13.5. The minimum atomic E-state index is -0.330. The maximum Gasteiger partial charge on any atom is 0.236 e. The van der Waals surface area contributed by atoms with Gasteiger partial charge in [-0.15, -0.1) is 21.5 Å². The van der Waals surface area contributed by atoms with Crippen LogP contribution in [0, 0.1) is 13.8 Å². The lowest BCUT2D eigenvalue weighted by atomic mass is 10.1. The van der Waals surface area contributed by atoms with Crippen molar-refractivity contribution < 1.29 is 9.53 Å². The van der Waals surface area contributed by atoms with Gasteiger partial charge in [0.1, 0.15) is 5.75 Å². The van der Waals surface area contributed by atoms with Crippen LogP contribution >= 0.6 is 34.7 Å². The largest absolute Gasteiger partial charge is 0.483 e. The second-order valence-corrected chi connectivity index (χ2v) is 10.2. The van der Waals surface area contributed by atoms with Crippen molar-refractivity contribution in [3.8, 4) is 17.0 Å². The Hall–Kier alpha value is -2.88. The molecular weight excluding hydrogens is 502 g/mol. The number of thiazole rings is 1. The highest BCUT2D eigenvalue weighted by molar-refractivity contribution is 7.99. The predicted octanol–water partition coefficient (Wildman–Crippen LogP) is 6.56. The molecule has 1 amide bonds. The molecule has 4 aromatic rings. The molecule has 4 rings (SSSR count). The van der Waals surface area contributed by atoms with Crippen LogP contribution in [-0.4, -0.2) is 31.4 Å². The maximum absolute atomic E-state index is 12.6. The third-order valence-corrected chi connectivity index (χ3v) is 7.38. The van der Waals surface area contributed by atoms with E-state index in [4.69, 9.17) is 16.3 Å². The van der Waals surface area contributed by atoms with Gasteiger partial charge in [0.2, 0.25) is 5.91 Å². The van der Waals surface area contributed by atoms with Gasteiger partial charge in [-0.05, 0) is 63.1 Å². The number of nitrogens with zero attached hydrogens (tertiary/aromatic N) is 4. The summed E-state index contributed by atoms with van der Waals surface area (Å²) in [5.74, 6) is 1.40. The minimum absolute atomic E-state index is 0.147. The van der Waals surface area contributed by atoms with Crippen molar-refractivity contribution in [3.05, 3.63) is 69.8 Å². The molecule has 0 aliphatic rings. The van der Waals surface area contributed by atoms with Crippen LogP contribution < -0.4 is 10.1 Å². The second kappa shape index (κ2) is 11.2. The molecule has 10 heteroatoms. The summed E-state index contributed by atoms with van der Waals surface area (Å²) in [5.41, 5.74) is 4.34. The summed E-state index contributed by atoms with van der Waals surface area (Å²) >= 11 is 8.79. The molecule has 0 bridgehead atoms. The molecule has 1 unspecified atom stereocenters. The van der Waals surface area contributed by atoms with Crippen molar-refractivity contribution in [2.75, 3.05) is 11.1 Å². The summed E-state index contributed by atoms with van der Waals surface area (Å²) in [4.78, 5) is 17.2. The van der Waals surface area contributed by atoms with E-state index in [9.17, 15) is 4.79 Å². The third-order valence-electron chi connectivity index (χ3n) is 5.42. The van der Waals surface area contributed by atoms with E-state index >= 15 is 0 Å². The van der Waals surface area contributed by atoms with Gasteiger partial charge in [-0.25, -0.2) is 4.98 Å². The van der Waals surface area contributed by atoms with Crippen LogP contribution in [0.3, 0.4) is 0 Å². The maximum atomic E-state index is 12.6. The van der Waals surface area contributed by atoms with Gasteiger partial charge in [0.15, 0.2) is 22.2 Å². The van der Waals surface area contributed by atoms with E-state index < -0.39 is 0 Å². The first kappa shape index (κ1) is 25.2. The van der Waals surface area contributed by atoms with Gasteiger partial charge in [-0.1, -0.05) is 41.6 Å². The van der Waals surface area contributed by atoms with E-state index in [2.05, 4.69) is 46.5 Å². The first-order valence-electron chi connectivity index (χ1n) is 11.1. The standard InChI is InChI=1S/C25H26ClN5O2S2/c1-5-31-23(17(4)33-20-8-6-7-19(26)12-20)29-30-25(31)35-14-22(32)28-24-27-21(13-34-24)18-10-9-15(2)16(3)11-18/h6-13,17H,5,14H2,1-4H3,(H,27,28,32). The van der Waals surface area contributed by atoms with E-state index in [1.807, 2.05) is 42.0 Å². The molecule has 0 aliphatic heterocycles. The van der Waals surface area contributed by atoms with Crippen molar-refractivity contribution >= 4 is 45.7 Å². The van der Waals surface area contributed by atoms with Gasteiger partial charge < -0.3 is 14.6 Å². The van der Waals surface area contributed by atoms with Crippen molar-refractivity contribution in [2.24, 2.45) is 0 Å². The number of amides is 1. The third kappa shape index (κ3) is 6.22. The van der Waals surface area contributed by atoms with Gasteiger partial charge in [0, 0.05) is 22.5 Å². The predicted molar refractivity (Wildman–Crippen MR) is 143 cm³/mol. The molecule has 1 N–H and O–H groups in total. The summed E-state index contributed by atoms with van der Waals surface area (Å²) < 4.78 is 7.94. The zero-order chi connectivity index (χ0) is 24.9. The zero-order valence-corrected chi connectivity index (χ0v) is 22.3. The van der Waals surface area contributed by atoms with Crippen LogP contribution in [0.5, 0.6) is 5.75 Å². The van der Waals surface area contributed by atoms with Crippen LogP contribution in [0.4, 0.5) is 5.13 Å². The lowest BCUT2D eigenvalue weighted by molar-refractivity contribution is -0.113. The van der Waals surface area contributed by atoms with Gasteiger partial charge in [0.05, 0.1) is 11.4 Å². The molecule has 0 saturated carbocycles. The van der Waals surface area contributed by atoms with Crippen molar-refractivity contribution in [1.82, 2.24) is 19.7 Å². The molecule has 2 aromatic carbocycles. The first-order chi connectivity index (χ1) is 16.8. The number of thioether (sulfide) groups is 1. The highest BCUT2D eigenvalue weighted by Crippen LogP contribution is 2.28. The average molecular weight is 528 g/mol. The summed E-state index contributed by atoms with van der Waals surface area (Å²) in [5, 5.41) is 15.3. The molecule has 0 fully saturated rings. The van der Waals surface area contributed by atoms with E-state index in [-0.39, 0.29) is 17.8 Å². The number of aromatic nitrogens is 4. The Balaban J connectivity index is 1.36. The number of hydrogen-bond donors (Lipinski definition) is 1. The molecule has 2 aromatic heterocycles. The number of benzene rings is 2. The van der Waals surface area contributed by atoms with Crippen molar-refractivity contribution in [2.45, 2.75) is 45.5 Å². The fourth-order valence-corrected chi connectivity index (χ4v) is 5.18. The summed E-state index contributed by atoms with van der Waals surface area (Å²) in [6.45, 7) is 8.73. The Kier molecular flexibility index (Phi) is 8.10. The molecule has 182 valence electrons. The Morgan fingerprint density at radius 2 is 2.03 bits per heavy atom. The van der Waals surface area contributed by atoms with Crippen LogP contribution in [0.2, 0.25) is 5.02 Å². The first-order valence-corrected chi connectivity index (χ1v) is 13.4. The number of carbonyl (C=O) groups excluding carboxylic acids is 1. The lowest BCUT2D eigenvalue weighted by Gasteiger charge is -2.15. The second-order valence-electron chi connectivity index (χ2n) is 7.98. The fourth-order valence-electron chi connectivity index (χ4n) is 3.45. The molecule has 35 heavy (non-hydrogen) atoms. The number of anilines is 1. The monoisotopic (exact) mass is 527 g/mol. The average Bonchev–Trinajstić information content (AvgIpc) is 3.46. The smallest absolute Gasteiger partial charge is 0.236 e. The number of rotatable bonds is 9. The Morgan fingerprint density at radius 1 is 1.20 bits per heavy atom. The van der Waals surface area contributed by atoms with Crippen molar-refractivity contribution in [1.29, 1.82) is 0 Å². The van der Waals surface area contributed by atoms with Crippen LogP contribution in [0.1, 0.15) is 36.9 Å². The van der Waals surface area contributed by atoms with Crippen molar-refractivity contribution in [3.63, 3.8) is 0 Å². The number of carbonyl (C=O) groups is 1. The topological polar surface area (TPSA) is 81.9 Å².